The van der Waals surface area contributed by atoms with Crippen LogP contribution in [0.5, 0.6) is 5.75 Å². The Morgan fingerprint density at radius 2 is 1.65 bits per heavy atom. The predicted octanol–water partition coefficient (Wildman–Crippen LogP) is -1.87. The first-order valence-electron chi connectivity index (χ1n) is 10.8. The fourth-order valence-electron chi connectivity index (χ4n) is 4.09. The number of fused-ring (bicyclic) bond motifs is 1. The van der Waals surface area contributed by atoms with Gasteiger partial charge in [-0.3, -0.25) is 0 Å². The molecule has 10 atom stereocenters. The first-order valence-corrected chi connectivity index (χ1v) is 10.8. The highest BCUT2D eigenvalue weighted by molar-refractivity contribution is 5.81. The first-order chi connectivity index (χ1) is 16.1. The third-order valence-corrected chi connectivity index (χ3v) is 6.10. The maximum Gasteiger partial charge on any atom is 0.336 e. The van der Waals surface area contributed by atoms with E-state index >= 15 is 0 Å². The molecule has 0 unspecified atom stereocenters. The van der Waals surface area contributed by atoms with Crippen LogP contribution in [-0.2, 0) is 14.2 Å². The number of rotatable bonds is 5. The second-order valence-corrected chi connectivity index (χ2v) is 8.51. The number of benzene rings is 1. The molecule has 2 aliphatic heterocycles. The lowest BCUT2D eigenvalue weighted by molar-refractivity contribution is -0.354. The van der Waals surface area contributed by atoms with Gasteiger partial charge in [0.05, 0.1) is 12.7 Å². The van der Waals surface area contributed by atoms with Gasteiger partial charge in [0.1, 0.15) is 48.0 Å². The quantitative estimate of drug-likeness (QED) is 0.260. The molecule has 12 nitrogen and oxygen atoms in total. The number of hydrogen-bond donors (Lipinski definition) is 6. The minimum absolute atomic E-state index is 0.161. The lowest BCUT2D eigenvalue weighted by Gasteiger charge is -2.45. The van der Waals surface area contributed by atoms with Crippen LogP contribution in [0.1, 0.15) is 12.5 Å². The Morgan fingerprint density at radius 1 is 0.912 bits per heavy atom. The van der Waals surface area contributed by atoms with Gasteiger partial charge < -0.3 is 54.0 Å². The van der Waals surface area contributed by atoms with E-state index in [4.69, 9.17) is 23.4 Å². The van der Waals surface area contributed by atoms with Crippen molar-refractivity contribution in [2.75, 3.05) is 6.61 Å². The molecule has 0 bridgehead atoms. The van der Waals surface area contributed by atoms with Crippen molar-refractivity contribution in [3.8, 4) is 5.75 Å². The largest absolute Gasteiger partial charge is 0.462 e. The predicted molar refractivity (Wildman–Crippen MR) is 113 cm³/mol. The number of ether oxygens (including phenoxy) is 4. The molecule has 3 heterocycles. The van der Waals surface area contributed by atoms with E-state index in [0.29, 0.717) is 10.9 Å². The third kappa shape index (κ3) is 4.69. The smallest absolute Gasteiger partial charge is 0.336 e. The highest BCUT2D eigenvalue weighted by Gasteiger charge is 2.50. The zero-order valence-electron chi connectivity index (χ0n) is 18.4. The standard InChI is InChI=1S/C22H28O12/c1-8-5-14(24)32-12-6-10(3-4-11(8)12)31-22-20(18(28)16(26)13(7-23)33-22)34-21-19(29)17(27)15(25)9(2)30-21/h3-6,9,13,15-23,25-29H,7H2,1-2H3/t9-,13+,15+,16-,17-,18-,19+,20-,21-,22+/m0/s1. The van der Waals surface area contributed by atoms with Crippen molar-refractivity contribution in [1.29, 1.82) is 0 Å². The summed E-state index contributed by atoms with van der Waals surface area (Å²) in [4.78, 5) is 11.7. The van der Waals surface area contributed by atoms with Gasteiger partial charge in [-0.05, 0) is 31.5 Å². The van der Waals surface area contributed by atoms with Crippen molar-refractivity contribution in [2.45, 2.75) is 75.3 Å². The molecular weight excluding hydrogens is 456 g/mol. The van der Waals surface area contributed by atoms with Crippen LogP contribution in [-0.4, -0.2) is 98.7 Å². The fraction of sp³-hybridized carbons (Fsp3) is 0.591. The SMILES string of the molecule is Cc1cc(=O)oc2cc(O[C@@H]3O[C@H](CO)[C@H](O)[C@H](O)[C@@H]3O[C@@H]3O[C@@H](C)[C@@H](O)[C@H](O)[C@H]3O)ccc12. The second kappa shape index (κ2) is 9.85. The molecule has 1 aromatic carbocycles. The second-order valence-electron chi connectivity index (χ2n) is 8.51. The molecule has 2 saturated heterocycles. The van der Waals surface area contributed by atoms with Gasteiger partial charge in [-0.1, -0.05) is 0 Å². The summed E-state index contributed by atoms with van der Waals surface area (Å²) >= 11 is 0. The van der Waals surface area contributed by atoms with Gasteiger partial charge in [0.25, 0.3) is 0 Å². The van der Waals surface area contributed by atoms with Gasteiger partial charge >= 0.3 is 5.63 Å². The zero-order chi connectivity index (χ0) is 24.7. The van der Waals surface area contributed by atoms with E-state index < -0.39 is 73.6 Å². The number of aliphatic hydroxyl groups is 6. The molecule has 4 rings (SSSR count). The highest BCUT2D eigenvalue weighted by atomic mass is 16.8. The van der Waals surface area contributed by atoms with Crippen LogP contribution < -0.4 is 10.4 Å². The van der Waals surface area contributed by atoms with E-state index in [0.717, 1.165) is 0 Å². The maximum atomic E-state index is 11.7. The number of aryl methyl sites for hydroxylation is 1. The van der Waals surface area contributed by atoms with E-state index in [-0.39, 0.29) is 11.3 Å². The summed E-state index contributed by atoms with van der Waals surface area (Å²) in [5.41, 5.74) is 0.395. The minimum atomic E-state index is -1.68. The molecule has 2 aliphatic rings. The van der Waals surface area contributed by atoms with Crippen molar-refractivity contribution in [3.05, 3.63) is 40.2 Å². The normalized spacial score (nSPS) is 38.7. The average molecular weight is 484 g/mol. The third-order valence-electron chi connectivity index (χ3n) is 6.10. The summed E-state index contributed by atoms with van der Waals surface area (Å²) < 4.78 is 27.7. The zero-order valence-corrected chi connectivity index (χ0v) is 18.4. The van der Waals surface area contributed by atoms with Crippen LogP contribution in [0.15, 0.2) is 33.5 Å². The lowest BCUT2D eigenvalue weighted by atomic mass is 9.97. The minimum Gasteiger partial charge on any atom is -0.462 e. The van der Waals surface area contributed by atoms with E-state index in [1.165, 1.54) is 19.1 Å². The number of aliphatic hydroxyl groups excluding tert-OH is 6. The van der Waals surface area contributed by atoms with E-state index in [2.05, 4.69) is 0 Å². The van der Waals surface area contributed by atoms with Crippen molar-refractivity contribution < 1.29 is 54.0 Å². The summed E-state index contributed by atoms with van der Waals surface area (Å²) in [6.45, 7) is 2.57. The van der Waals surface area contributed by atoms with Crippen LogP contribution in [0.25, 0.3) is 11.0 Å². The Morgan fingerprint density at radius 3 is 2.35 bits per heavy atom. The highest BCUT2D eigenvalue weighted by Crippen LogP contribution is 2.31. The fourth-order valence-corrected chi connectivity index (χ4v) is 4.09. The average Bonchev–Trinajstić information content (AvgIpc) is 2.80. The molecule has 0 spiro atoms. The van der Waals surface area contributed by atoms with Gasteiger partial charge in [-0.25, -0.2) is 4.79 Å². The van der Waals surface area contributed by atoms with Crippen LogP contribution in [0, 0.1) is 6.92 Å². The van der Waals surface area contributed by atoms with Crippen LogP contribution in [0.2, 0.25) is 0 Å². The number of hydrogen-bond acceptors (Lipinski definition) is 12. The lowest BCUT2D eigenvalue weighted by Crippen LogP contribution is -2.64. The van der Waals surface area contributed by atoms with E-state index in [9.17, 15) is 35.4 Å². The van der Waals surface area contributed by atoms with Gasteiger partial charge in [0.15, 0.2) is 12.4 Å². The molecule has 34 heavy (non-hydrogen) atoms. The van der Waals surface area contributed by atoms with Crippen molar-refractivity contribution >= 4 is 11.0 Å². The molecule has 12 heteroatoms. The van der Waals surface area contributed by atoms with E-state index in [1.54, 1.807) is 19.1 Å². The molecule has 2 aromatic rings. The van der Waals surface area contributed by atoms with Crippen molar-refractivity contribution in [2.24, 2.45) is 0 Å². The summed E-state index contributed by atoms with van der Waals surface area (Å²) in [5.74, 6) is 0.161. The van der Waals surface area contributed by atoms with Gasteiger partial charge in [-0.2, -0.15) is 0 Å². The topological polar surface area (TPSA) is 189 Å². The van der Waals surface area contributed by atoms with Gasteiger partial charge in [0, 0.05) is 17.5 Å². The Balaban J connectivity index is 1.61. The Hall–Kier alpha value is -2.13. The summed E-state index contributed by atoms with van der Waals surface area (Å²) in [5, 5.41) is 61.4. The van der Waals surface area contributed by atoms with Crippen LogP contribution in [0.4, 0.5) is 0 Å². The molecule has 2 fully saturated rings. The van der Waals surface area contributed by atoms with E-state index in [1.807, 2.05) is 0 Å². The van der Waals surface area contributed by atoms with Gasteiger partial charge in [0.2, 0.25) is 6.29 Å². The summed E-state index contributed by atoms with van der Waals surface area (Å²) in [6, 6.07) is 6.01. The monoisotopic (exact) mass is 484 g/mol. The molecule has 6 N–H and O–H groups in total. The molecule has 0 radical (unpaired) electrons. The molecule has 0 amide bonds. The Bertz CT molecular complexity index is 1060. The molecular formula is C22H28O12. The summed E-state index contributed by atoms with van der Waals surface area (Å²) in [6.07, 6.45) is -14.3. The van der Waals surface area contributed by atoms with Gasteiger partial charge in [-0.15, -0.1) is 0 Å². The van der Waals surface area contributed by atoms with Crippen LogP contribution >= 0.6 is 0 Å². The van der Waals surface area contributed by atoms with Crippen molar-refractivity contribution in [1.82, 2.24) is 0 Å². The molecule has 188 valence electrons. The summed E-state index contributed by atoms with van der Waals surface area (Å²) in [7, 11) is 0. The Kier molecular flexibility index (Phi) is 7.24. The molecule has 0 aliphatic carbocycles. The maximum absolute atomic E-state index is 11.7. The van der Waals surface area contributed by atoms with Crippen molar-refractivity contribution in [3.63, 3.8) is 0 Å². The van der Waals surface area contributed by atoms with Crippen LogP contribution in [0.3, 0.4) is 0 Å². The Labute approximate surface area is 193 Å². The molecule has 1 aromatic heterocycles. The molecule has 0 saturated carbocycles. The first kappa shape index (κ1) is 25.0.